The van der Waals surface area contributed by atoms with Gasteiger partial charge in [0.1, 0.15) is 61.7 Å². The molecule has 0 fully saturated rings. The Balaban J connectivity index is 0.000000163. The topological polar surface area (TPSA) is 65.2 Å². The zero-order chi connectivity index (χ0) is 54.5. The van der Waals surface area contributed by atoms with Crippen molar-refractivity contribution in [2.24, 2.45) is 28.2 Å². The van der Waals surface area contributed by atoms with Gasteiger partial charge in [-0.05, 0) is 61.6 Å². The summed E-state index contributed by atoms with van der Waals surface area (Å²) in [6.07, 6.45) is 25.1. The summed E-state index contributed by atoms with van der Waals surface area (Å²) >= 11 is 0. The Morgan fingerprint density at radius 1 is 0.362 bits per heavy atom. The summed E-state index contributed by atoms with van der Waals surface area (Å²) < 4.78 is 44.3. The number of halogens is 2. The third kappa shape index (κ3) is 13.6. The second-order valence-electron chi connectivity index (χ2n) is 19.6. The number of aryl methyl sites for hydroxylation is 6. The largest absolute Gasteiger partial charge is 0.366 e. The molecule has 12 aromatic rings. The van der Waals surface area contributed by atoms with Crippen LogP contribution in [0.4, 0.5) is 8.78 Å². The summed E-state index contributed by atoms with van der Waals surface area (Å²) in [5.41, 5.74) is 10.9. The summed E-state index contributed by atoms with van der Waals surface area (Å²) in [5, 5.41) is 0. The molecule has 0 unspecified atom stereocenters. The molecule has 0 aliphatic rings. The van der Waals surface area contributed by atoms with E-state index in [9.17, 15) is 8.78 Å². The Morgan fingerprint density at radius 3 is 0.887 bits per heavy atom. The molecule has 0 bridgehead atoms. The first-order valence-corrected chi connectivity index (χ1v) is 25.8. The first kappa shape index (κ1) is 59.5. The number of nitrogens with zero attached hydrogens (tertiary/aromatic N) is 10. The van der Waals surface area contributed by atoms with Crippen molar-refractivity contribution in [3.63, 3.8) is 0 Å². The van der Waals surface area contributed by atoms with Gasteiger partial charge in [0.2, 0.25) is 0 Å². The van der Waals surface area contributed by atoms with E-state index in [1.54, 1.807) is 36.7 Å². The minimum Gasteiger partial charge on any atom is -0.366 e. The molecule has 10 nitrogen and oxygen atoms in total. The average Bonchev–Trinajstić information content (AvgIpc) is 4.40. The van der Waals surface area contributed by atoms with Crippen LogP contribution in [0.5, 0.6) is 0 Å². The van der Waals surface area contributed by atoms with Crippen LogP contribution in [-0.2, 0) is 70.3 Å². The third-order valence-electron chi connectivity index (χ3n) is 13.9. The predicted octanol–water partition coefficient (Wildman–Crippen LogP) is 10.4. The van der Waals surface area contributed by atoms with Crippen molar-refractivity contribution in [3.8, 4) is 22.5 Å². The first-order valence-electron chi connectivity index (χ1n) is 25.8. The summed E-state index contributed by atoms with van der Waals surface area (Å²) in [5.74, 6) is -0.586. The van der Waals surface area contributed by atoms with Gasteiger partial charge in [-0.1, -0.05) is 108 Å². The van der Waals surface area contributed by atoms with Crippen molar-refractivity contribution in [1.82, 2.24) is 46.1 Å². The Labute approximate surface area is 497 Å². The average molecular weight is 1420 g/mol. The molecular formula is C64H62B2F2N10Pt2. The van der Waals surface area contributed by atoms with E-state index in [2.05, 4.69) is 163 Å². The summed E-state index contributed by atoms with van der Waals surface area (Å²) in [4.78, 5) is 8.44. The van der Waals surface area contributed by atoms with Gasteiger partial charge in [0.15, 0.2) is 24.8 Å². The zero-order valence-electron chi connectivity index (χ0n) is 45.4. The fourth-order valence-corrected chi connectivity index (χ4v) is 10.1. The number of benzene rings is 6. The van der Waals surface area contributed by atoms with Gasteiger partial charge in [-0.3, -0.25) is 0 Å². The molecule has 0 radical (unpaired) electrons. The van der Waals surface area contributed by atoms with Gasteiger partial charge < -0.3 is 27.9 Å². The second kappa shape index (κ2) is 27.6. The molecule has 0 aliphatic carbocycles. The van der Waals surface area contributed by atoms with Crippen LogP contribution in [-0.4, -0.2) is 59.0 Å². The van der Waals surface area contributed by atoms with Crippen LogP contribution in [0.3, 0.4) is 0 Å². The first-order chi connectivity index (χ1) is 37.9. The maximum absolute atomic E-state index is 13.7. The third-order valence-corrected chi connectivity index (χ3v) is 13.9. The van der Waals surface area contributed by atoms with Crippen LogP contribution in [0, 0.1) is 37.6 Å². The molecular weight excluding hydrogens is 1360 g/mol. The van der Waals surface area contributed by atoms with Crippen LogP contribution in [0.25, 0.3) is 22.5 Å². The Morgan fingerprint density at radius 2 is 0.650 bits per heavy atom. The van der Waals surface area contributed by atoms with Crippen LogP contribution < -0.4 is 21.9 Å². The van der Waals surface area contributed by atoms with Gasteiger partial charge in [0.05, 0.1) is 0 Å². The maximum atomic E-state index is 13.7. The van der Waals surface area contributed by atoms with Crippen molar-refractivity contribution in [3.05, 3.63) is 304 Å². The molecule has 0 aliphatic heterocycles. The molecule has 16 heteroatoms. The molecule has 12 rings (SSSR count). The number of aromatic nitrogens is 10. The van der Waals surface area contributed by atoms with Gasteiger partial charge in [-0.15, -0.1) is 71.8 Å². The van der Waals surface area contributed by atoms with E-state index in [0.717, 1.165) is 33.4 Å². The Bertz CT molecular complexity index is 3270. The predicted molar refractivity (Wildman–Crippen MR) is 315 cm³/mol. The summed E-state index contributed by atoms with van der Waals surface area (Å²) in [6.45, 7) is 4.27. The van der Waals surface area contributed by atoms with Crippen molar-refractivity contribution in [1.29, 1.82) is 0 Å². The standard InChI is InChI=1S/C22H26BN4.C20H20BF2N4.2C11H8N.2Pt/c1-19-5-9-21(10-6-19)23(26-15-13-24(3)17-26,27-16-14-25(4)18-27)22-11-7-20(2)8-12-22;1-24-11-13-26(15-24)21(27-14-12-25(2)16-27,17-3-7-19(22)8-4-17)18-5-9-20(23)10-6-18;2*1-2-6-10(7-3-1)11-8-4-5-9-12-11;;/h5-18H,1-4H3;3-16H,1-2H3;2*1-6,8-9H;;/q2*+1;2*-1;;. The molecule has 0 saturated heterocycles. The molecule has 6 heterocycles. The fraction of sp³-hybridized carbons (Fsp3) is 0.0938. The SMILES string of the molecule is Cc1ccc([B-](c2ccc(C)cc2)(n2ccn(C)[cH+]2)n2ccn(C)[cH+]2)cc1.Cn1ccn([B-](c2ccc(F)cc2)(c2ccc(F)cc2)n2ccn(C)[cH+]2)[cH+]1.[Pt].[Pt].[c-]1ccccc1-c1ccccn1.[c-]1ccccc1-c1ccccn1. The van der Waals surface area contributed by atoms with Crippen molar-refractivity contribution in [2.45, 2.75) is 13.8 Å². The van der Waals surface area contributed by atoms with Gasteiger partial charge >= 0.3 is 12.8 Å². The van der Waals surface area contributed by atoms with Crippen LogP contribution in [0.1, 0.15) is 11.1 Å². The van der Waals surface area contributed by atoms with E-state index < -0.39 is 12.8 Å². The minimum absolute atomic E-state index is 0. The van der Waals surface area contributed by atoms with E-state index >= 15 is 0 Å². The van der Waals surface area contributed by atoms with Crippen LogP contribution in [0.2, 0.25) is 0 Å². The zero-order valence-corrected chi connectivity index (χ0v) is 50.0. The molecule has 0 spiro atoms. The van der Waals surface area contributed by atoms with Gasteiger partial charge in [-0.2, -0.15) is 21.9 Å². The Kier molecular flexibility index (Phi) is 20.5. The monoisotopic (exact) mass is 1420 g/mol. The smallest absolute Gasteiger partial charge is 0.302 e. The number of rotatable bonds is 10. The fourth-order valence-electron chi connectivity index (χ4n) is 10.1. The quantitative estimate of drug-likeness (QED) is 0.101. The van der Waals surface area contributed by atoms with Crippen molar-refractivity contribution in [2.75, 3.05) is 0 Å². The molecule has 6 aromatic carbocycles. The number of hydrogen-bond acceptors (Lipinski definition) is 2. The van der Waals surface area contributed by atoms with Gasteiger partial charge in [-0.25, -0.2) is 27.0 Å². The summed E-state index contributed by atoms with van der Waals surface area (Å²) in [6, 6.07) is 64.5. The molecule has 0 N–H and O–H groups in total. The van der Waals surface area contributed by atoms with Crippen LogP contribution >= 0.6 is 0 Å². The number of pyridine rings is 2. The summed E-state index contributed by atoms with van der Waals surface area (Å²) in [7, 11) is 8.03. The van der Waals surface area contributed by atoms with Gasteiger partial charge in [0.25, 0.3) is 0 Å². The molecule has 80 heavy (non-hydrogen) atoms. The Hall–Kier alpha value is -8.17. The van der Waals surface area contributed by atoms with Crippen molar-refractivity contribution < 1.29 is 50.9 Å². The minimum atomic E-state index is -1.74. The van der Waals surface area contributed by atoms with E-state index in [0.29, 0.717) is 0 Å². The molecule has 6 aromatic heterocycles. The molecule has 0 amide bonds. The number of imidazole rings is 4. The van der Waals surface area contributed by atoms with Gasteiger partial charge in [0, 0.05) is 82.7 Å². The molecule has 0 saturated carbocycles. The number of hydrogen-bond donors (Lipinski definition) is 0. The second-order valence-corrected chi connectivity index (χ2v) is 19.6. The van der Waals surface area contributed by atoms with Crippen LogP contribution in [0.15, 0.2) is 269 Å². The molecule has 408 valence electrons. The molecule has 0 atom stereocenters. The normalized spacial score (nSPS) is 10.8. The van der Waals surface area contributed by atoms with E-state index in [1.165, 1.54) is 46.3 Å². The van der Waals surface area contributed by atoms with E-state index in [4.69, 9.17) is 0 Å². The van der Waals surface area contributed by atoms with E-state index in [-0.39, 0.29) is 53.8 Å². The maximum Gasteiger partial charge on any atom is 0.302 e. The van der Waals surface area contributed by atoms with Crippen molar-refractivity contribution >= 4 is 34.7 Å². The van der Waals surface area contributed by atoms with E-state index in [1.807, 2.05) is 146 Å².